The van der Waals surface area contributed by atoms with E-state index in [1.165, 1.54) is 0 Å². The van der Waals surface area contributed by atoms with Gasteiger partial charge in [-0.1, -0.05) is 20.8 Å². The summed E-state index contributed by atoms with van der Waals surface area (Å²) in [6.07, 6.45) is 0.450. The number of alkyl halides is 1. The van der Waals surface area contributed by atoms with Gasteiger partial charge in [0.1, 0.15) is 6.04 Å². The van der Waals surface area contributed by atoms with E-state index in [4.69, 9.17) is 0 Å². The van der Waals surface area contributed by atoms with E-state index in [9.17, 15) is 19.1 Å². The Morgan fingerprint density at radius 2 is 1.95 bits per heavy atom. The molecule has 21 heavy (non-hydrogen) atoms. The predicted octanol–water partition coefficient (Wildman–Crippen LogP) is 1.00. The number of halogens is 1. The Bertz CT molecular complexity index is 443. The standard InChI is InChI=1S/C15H25FN2O3/c1-9-7-10(19)8-18(9)12(20)11(14(2,3)4)17-13(21)15(16)5-6-15/h9-11,19H,5-8H2,1-4H3,(H,17,21). The molecule has 3 unspecified atom stereocenters. The second-order valence-electron chi connectivity index (χ2n) is 7.47. The van der Waals surface area contributed by atoms with E-state index in [1.54, 1.807) is 4.90 Å². The molecule has 1 heterocycles. The molecule has 1 aliphatic carbocycles. The van der Waals surface area contributed by atoms with Gasteiger partial charge in [-0.05, 0) is 31.6 Å². The Labute approximate surface area is 124 Å². The Morgan fingerprint density at radius 3 is 2.33 bits per heavy atom. The van der Waals surface area contributed by atoms with Crippen LogP contribution in [0.25, 0.3) is 0 Å². The van der Waals surface area contributed by atoms with E-state index in [1.807, 2.05) is 27.7 Å². The van der Waals surface area contributed by atoms with E-state index >= 15 is 0 Å². The first-order chi connectivity index (χ1) is 9.54. The Kier molecular flexibility index (Phi) is 4.04. The number of nitrogens with one attached hydrogen (secondary N) is 1. The summed E-state index contributed by atoms with van der Waals surface area (Å²) in [5, 5.41) is 12.3. The van der Waals surface area contributed by atoms with Crippen molar-refractivity contribution in [3.05, 3.63) is 0 Å². The molecule has 3 atom stereocenters. The van der Waals surface area contributed by atoms with Crippen LogP contribution in [0.3, 0.4) is 0 Å². The third-order valence-electron chi connectivity index (χ3n) is 4.32. The largest absolute Gasteiger partial charge is 0.391 e. The number of carbonyl (C=O) groups excluding carboxylic acids is 2. The molecule has 1 aliphatic heterocycles. The number of aliphatic hydroxyl groups excluding tert-OH is 1. The molecule has 2 rings (SSSR count). The van der Waals surface area contributed by atoms with E-state index in [-0.39, 0.29) is 31.3 Å². The van der Waals surface area contributed by atoms with Gasteiger partial charge in [-0.15, -0.1) is 0 Å². The minimum absolute atomic E-state index is 0.0745. The summed E-state index contributed by atoms with van der Waals surface area (Å²) in [6, 6.07) is -0.861. The molecule has 0 spiro atoms. The van der Waals surface area contributed by atoms with E-state index in [2.05, 4.69) is 5.32 Å². The highest BCUT2D eigenvalue weighted by Crippen LogP contribution is 2.40. The van der Waals surface area contributed by atoms with Crippen LogP contribution in [0.4, 0.5) is 4.39 Å². The lowest BCUT2D eigenvalue weighted by Gasteiger charge is -2.35. The highest BCUT2D eigenvalue weighted by atomic mass is 19.1. The van der Waals surface area contributed by atoms with Crippen LogP contribution in [0.2, 0.25) is 0 Å². The Balaban J connectivity index is 2.12. The van der Waals surface area contributed by atoms with Crippen LogP contribution in [-0.2, 0) is 9.59 Å². The quantitative estimate of drug-likeness (QED) is 0.817. The lowest BCUT2D eigenvalue weighted by atomic mass is 9.85. The molecule has 5 nitrogen and oxygen atoms in total. The first-order valence-electron chi connectivity index (χ1n) is 7.53. The van der Waals surface area contributed by atoms with Gasteiger partial charge in [-0.3, -0.25) is 9.59 Å². The minimum Gasteiger partial charge on any atom is -0.391 e. The van der Waals surface area contributed by atoms with Gasteiger partial charge < -0.3 is 15.3 Å². The average molecular weight is 300 g/mol. The number of likely N-dealkylation sites (tertiary alicyclic amines) is 1. The molecule has 2 aliphatic rings. The summed E-state index contributed by atoms with van der Waals surface area (Å²) in [5.41, 5.74) is -2.31. The summed E-state index contributed by atoms with van der Waals surface area (Å²) in [6.45, 7) is 7.65. The van der Waals surface area contributed by atoms with Gasteiger partial charge in [0.15, 0.2) is 5.67 Å². The molecular weight excluding hydrogens is 275 g/mol. The van der Waals surface area contributed by atoms with Crippen molar-refractivity contribution >= 4 is 11.8 Å². The number of hydrogen-bond acceptors (Lipinski definition) is 3. The number of amides is 2. The molecule has 1 saturated carbocycles. The van der Waals surface area contributed by atoms with Gasteiger partial charge in [0.2, 0.25) is 5.91 Å². The average Bonchev–Trinajstić information content (AvgIpc) is 3.00. The first-order valence-corrected chi connectivity index (χ1v) is 7.53. The van der Waals surface area contributed by atoms with Gasteiger partial charge in [0.05, 0.1) is 6.10 Å². The van der Waals surface area contributed by atoms with Crippen molar-refractivity contribution in [1.29, 1.82) is 0 Å². The Morgan fingerprint density at radius 1 is 1.38 bits per heavy atom. The smallest absolute Gasteiger partial charge is 0.258 e. The number of hydrogen-bond donors (Lipinski definition) is 2. The van der Waals surface area contributed by atoms with Crippen molar-refractivity contribution < 1.29 is 19.1 Å². The zero-order valence-corrected chi connectivity index (χ0v) is 13.1. The molecule has 2 N–H and O–H groups in total. The first kappa shape index (κ1) is 16.2. The van der Waals surface area contributed by atoms with Crippen LogP contribution >= 0.6 is 0 Å². The number of rotatable bonds is 3. The van der Waals surface area contributed by atoms with Gasteiger partial charge in [-0.2, -0.15) is 0 Å². The highest BCUT2D eigenvalue weighted by molar-refractivity contribution is 5.93. The molecule has 6 heteroatoms. The topological polar surface area (TPSA) is 69.6 Å². The fourth-order valence-corrected chi connectivity index (χ4v) is 2.72. The SMILES string of the molecule is CC1CC(O)CN1C(=O)C(NC(=O)C1(F)CC1)C(C)(C)C. The maximum absolute atomic E-state index is 13.8. The summed E-state index contributed by atoms with van der Waals surface area (Å²) in [4.78, 5) is 26.2. The normalized spacial score (nSPS) is 29.1. The minimum atomic E-state index is -1.79. The fourth-order valence-electron chi connectivity index (χ4n) is 2.72. The van der Waals surface area contributed by atoms with Gasteiger partial charge in [0, 0.05) is 12.6 Å². The molecule has 1 saturated heterocycles. The zero-order chi connectivity index (χ0) is 16.0. The summed E-state index contributed by atoms with van der Waals surface area (Å²) in [7, 11) is 0. The summed E-state index contributed by atoms with van der Waals surface area (Å²) in [5.74, 6) is -0.938. The number of carbonyl (C=O) groups is 2. The molecule has 120 valence electrons. The molecule has 0 aromatic carbocycles. The van der Waals surface area contributed by atoms with Crippen LogP contribution in [-0.4, -0.2) is 52.2 Å². The monoisotopic (exact) mass is 300 g/mol. The van der Waals surface area contributed by atoms with Crippen LogP contribution in [0.1, 0.15) is 47.0 Å². The van der Waals surface area contributed by atoms with E-state index < -0.39 is 29.1 Å². The third-order valence-corrected chi connectivity index (χ3v) is 4.32. The third kappa shape index (κ3) is 3.36. The highest BCUT2D eigenvalue weighted by Gasteiger charge is 2.53. The molecule has 0 aromatic rings. The van der Waals surface area contributed by atoms with Gasteiger partial charge in [0.25, 0.3) is 5.91 Å². The van der Waals surface area contributed by atoms with E-state index in [0.29, 0.717) is 6.42 Å². The number of nitrogens with zero attached hydrogens (tertiary/aromatic N) is 1. The fraction of sp³-hybridized carbons (Fsp3) is 0.867. The predicted molar refractivity (Wildman–Crippen MR) is 76.3 cm³/mol. The van der Waals surface area contributed by atoms with Gasteiger partial charge in [-0.25, -0.2) is 4.39 Å². The van der Waals surface area contributed by atoms with Crippen LogP contribution in [0.15, 0.2) is 0 Å². The van der Waals surface area contributed by atoms with Crippen molar-refractivity contribution in [2.45, 2.75) is 70.8 Å². The zero-order valence-electron chi connectivity index (χ0n) is 13.1. The summed E-state index contributed by atoms with van der Waals surface area (Å²) < 4.78 is 13.8. The van der Waals surface area contributed by atoms with Crippen LogP contribution < -0.4 is 5.32 Å². The second kappa shape index (κ2) is 5.23. The van der Waals surface area contributed by atoms with Crippen molar-refractivity contribution in [2.75, 3.05) is 6.54 Å². The lowest BCUT2D eigenvalue weighted by molar-refractivity contribution is -0.141. The van der Waals surface area contributed by atoms with Gasteiger partial charge >= 0.3 is 0 Å². The lowest BCUT2D eigenvalue weighted by Crippen LogP contribution is -2.57. The van der Waals surface area contributed by atoms with E-state index in [0.717, 1.165) is 0 Å². The molecule has 0 radical (unpaired) electrons. The van der Waals surface area contributed by atoms with Crippen LogP contribution in [0, 0.1) is 5.41 Å². The maximum atomic E-state index is 13.8. The van der Waals surface area contributed by atoms with Crippen molar-refractivity contribution in [1.82, 2.24) is 10.2 Å². The Hall–Kier alpha value is -1.17. The summed E-state index contributed by atoms with van der Waals surface area (Å²) >= 11 is 0. The molecule has 2 fully saturated rings. The molecular formula is C15H25FN2O3. The maximum Gasteiger partial charge on any atom is 0.258 e. The van der Waals surface area contributed by atoms with Crippen molar-refractivity contribution in [3.63, 3.8) is 0 Å². The molecule has 0 aromatic heterocycles. The second-order valence-corrected chi connectivity index (χ2v) is 7.47. The van der Waals surface area contributed by atoms with Crippen molar-refractivity contribution in [2.24, 2.45) is 5.41 Å². The number of β-amino-alcohol motifs (C(OH)–C–C–N with tert-alkyl or cyclic N) is 1. The number of aliphatic hydroxyl groups is 1. The molecule has 0 bridgehead atoms. The molecule has 2 amide bonds. The van der Waals surface area contributed by atoms with Crippen molar-refractivity contribution in [3.8, 4) is 0 Å². The van der Waals surface area contributed by atoms with Crippen LogP contribution in [0.5, 0.6) is 0 Å².